The second kappa shape index (κ2) is 8.36. The molecule has 1 aliphatic rings. The number of benzene rings is 2. The second-order valence-corrected chi connectivity index (χ2v) is 8.14. The number of hydrogen-bond donors (Lipinski definition) is 0. The molecular weight excluding hydrogens is 413 g/mol. The molecule has 0 fully saturated rings. The van der Waals surface area contributed by atoms with Crippen LogP contribution in [0, 0.1) is 5.82 Å². The molecule has 0 saturated carbocycles. The predicted octanol–water partition coefficient (Wildman–Crippen LogP) is 5.25. The largest absolute Gasteiger partial charge is 0.463 e. The monoisotopic (exact) mass is 435 g/mol. The third-order valence-corrected chi connectivity index (χ3v) is 5.30. The number of amides is 1. The van der Waals surface area contributed by atoms with Crippen LogP contribution in [-0.2, 0) is 21.1 Å². The van der Waals surface area contributed by atoms with E-state index >= 15 is 0 Å². The number of para-hydroxylation sites is 1. The normalized spacial score (nSPS) is 15.5. The lowest BCUT2D eigenvalue weighted by molar-refractivity contribution is -0.137. The minimum absolute atomic E-state index is 0.0433. The van der Waals surface area contributed by atoms with Crippen LogP contribution in [0.3, 0.4) is 0 Å². The molecule has 1 amide bonds. The average molecular weight is 435 g/mol. The number of fused-ring (bicyclic) bond motifs is 1. The highest BCUT2D eigenvalue weighted by Crippen LogP contribution is 2.47. The summed E-state index contributed by atoms with van der Waals surface area (Å²) in [6.07, 6.45) is -4.23. The number of alkyl halides is 3. The summed E-state index contributed by atoms with van der Waals surface area (Å²) in [6.45, 7) is 5.40. The summed E-state index contributed by atoms with van der Waals surface area (Å²) in [7, 11) is 0.768. The van der Waals surface area contributed by atoms with Gasteiger partial charge in [-0.1, -0.05) is 32.8 Å². The van der Waals surface area contributed by atoms with Crippen LogP contribution in [0.15, 0.2) is 36.4 Å². The quantitative estimate of drug-likeness (QED) is 0.279. The van der Waals surface area contributed by atoms with E-state index in [4.69, 9.17) is 4.74 Å². The molecule has 0 bridgehead atoms. The molecule has 1 heterocycles. The Morgan fingerprint density at radius 3 is 2.52 bits per heavy atom. The number of halogens is 4. The van der Waals surface area contributed by atoms with Gasteiger partial charge in [-0.05, 0) is 36.1 Å². The van der Waals surface area contributed by atoms with E-state index in [1.54, 1.807) is 13.8 Å². The van der Waals surface area contributed by atoms with Gasteiger partial charge in [-0.25, -0.2) is 9.18 Å². The standard InChI is InChI=1S/C22H22BF4NO3/c1-21(2)12-19(29)28(17-7-5-4-6-14(17)22(25,26)27)18-10-13(16(24)11-15(18)21)20(30)31-9-8-23-3/h4-7,10-11,23H,8-9,12H2,1-3H3. The first-order chi connectivity index (χ1) is 14.5. The molecule has 0 N–H and O–H groups in total. The van der Waals surface area contributed by atoms with Crippen molar-refractivity contribution < 1.29 is 31.9 Å². The average Bonchev–Trinajstić information content (AvgIpc) is 2.67. The highest BCUT2D eigenvalue weighted by molar-refractivity contribution is 6.33. The minimum Gasteiger partial charge on any atom is -0.463 e. The SMILES string of the molecule is CBCCOC(=O)c1cc2c(cc1F)C(C)(C)CC(=O)N2c1ccccc1C(F)(F)F. The van der Waals surface area contributed by atoms with Crippen molar-refractivity contribution in [3.05, 3.63) is 58.9 Å². The van der Waals surface area contributed by atoms with Crippen molar-refractivity contribution in [2.75, 3.05) is 11.5 Å². The Balaban J connectivity index is 2.19. The third kappa shape index (κ3) is 4.45. The summed E-state index contributed by atoms with van der Waals surface area (Å²) >= 11 is 0. The van der Waals surface area contributed by atoms with Gasteiger partial charge in [0.1, 0.15) is 13.1 Å². The molecule has 2 aromatic carbocycles. The molecule has 0 aromatic heterocycles. The maximum Gasteiger partial charge on any atom is 0.418 e. The molecule has 0 saturated heterocycles. The van der Waals surface area contributed by atoms with E-state index in [0.29, 0.717) is 11.9 Å². The molecule has 1 aliphatic heterocycles. The first-order valence-electron chi connectivity index (χ1n) is 9.97. The summed E-state index contributed by atoms with van der Waals surface area (Å²) < 4.78 is 60.8. The number of ether oxygens (including phenoxy) is 1. The maximum atomic E-state index is 14.8. The molecule has 0 spiro atoms. The van der Waals surface area contributed by atoms with Gasteiger partial charge in [-0.3, -0.25) is 9.69 Å². The molecule has 164 valence electrons. The topological polar surface area (TPSA) is 46.6 Å². The van der Waals surface area contributed by atoms with Gasteiger partial charge in [0.2, 0.25) is 5.91 Å². The first-order valence-corrected chi connectivity index (χ1v) is 9.97. The molecule has 0 unspecified atom stereocenters. The number of carbonyl (C=O) groups excluding carboxylic acids is 2. The van der Waals surface area contributed by atoms with Crippen molar-refractivity contribution in [1.82, 2.24) is 0 Å². The van der Waals surface area contributed by atoms with E-state index in [0.717, 1.165) is 30.4 Å². The molecule has 4 nitrogen and oxygen atoms in total. The lowest BCUT2D eigenvalue weighted by Crippen LogP contribution is -2.40. The van der Waals surface area contributed by atoms with Gasteiger partial charge in [0.05, 0.1) is 29.1 Å². The number of carbonyl (C=O) groups is 2. The summed E-state index contributed by atoms with van der Waals surface area (Å²) in [6, 6.07) is 6.91. The van der Waals surface area contributed by atoms with Crippen LogP contribution >= 0.6 is 0 Å². The van der Waals surface area contributed by atoms with Gasteiger partial charge in [-0.2, -0.15) is 13.2 Å². The van der Waals surface area contributed by atoms with Gasteiger partial charge in [0, 0.05) is 11.8 Å². The summed E-state index contributed by atoms with van der Waals surface area (Å²) in [4.78, 5) is 26.3. The molecule has 0 aliphatic carbocycles. The van der Waals surface area contributed by atoms with Crippen molar-refractivity contribution in [2.24, 2.45) is 0 Å². The Kier molecular flexibility index (Phi) is 6.16. The van der Waals surface area contributed by atoms with Crippen molar-refractivity contribution in [2.45, 2.75) is 45.0 Å². The number of rotatable bonds is 5. The highest BCUT2D eigenvalue weighted by Gasteiger charge is 2.42. The number of hydrogen-bond acceptors (Lipinski definition) is 3. The molecule has 9 heteroatoms. The Hall–Kier alpha value is -2.84. The number of anilines is 2. The van der Waals surface area contributed by atoms with Crippen LogP contribution in [0.4, 0.5) is 28.9 Å². The third-order valence-electron chi connectivity index (χ3n) is 5.30. The first kappa shape index (κ1) is 22.8. The van der Waals surface area contributed by atoms with Crippen LogP contribution in [0.25, 0.3) is 0 Å². The summed E-state index contributed by atoms with van der Waals surface area (Å²) in [5.41, 5.74) is -2.23. The minimum atomic E-state index is -4.70. The molecular formula is C22H22BF4NO3. The van der Waals surface area contributed by atoms with Crippen LogP contribution in [-0.4, -0.2) is 25.8 Å². The lowest BCUT2D eigenvalue weighted by atomic mass is 9.76. The molecule has 2 aromatic rings. The fourth-order valence-electron chi connectivity index (χ4n) is 3.69. The zero-order valence-electron chi connectivity index (χ0n) is 17.5. The van der Waals surface area contributed by atoms with E-state index < -0.39 is 40.4 Å². The Bertz CT molecular complexity index is 1020. The summed E-state index contributed by atoms with van der Waals surface area (Å²) in [5, 5.41) is 0. The van der Waals surface area contributed by atoms with Crippen LogP contribution in [0.1, 0.15) is 41.8 Å². The van der Waals surface area contributed by atoms with Crippen LogP contribution in [0.5, 0.6) is 0 Å². The Morgan fingerprint density at radius 1 is 1.19 bits per heavy atom. The fraction of sp³-hybridized carbons (Fsp3) is 0.364. The van der Waals surface area contributed by atoms with E-state index in [1.807, 2.05) is 6.82 Å². The van der Waals surface area contributed by atoms with E-state index in [9.17, 15) is 27.2 Å². The lowest BCUT2D eigenvalue weighted by Gasteiger charge is -2.39. The van der Waals surface area contributed by atoms with Gasteiger partial charge in [-0.15, -0.1) is 0 Å². The van der Waals surface area contributed by atoms with Crippen LogP contribution < -0.4 is 4.90 Å². The van der Waals surface area contributed by atoms with Crippen LogP contribution in [0.2, 0.25) is 13.1 Å². The molecule has 0 atom stereocenters. The zero-order chi connectivity index (χ0) is 23.0. The van der Waals surface area contributed by atoms with Crippen molar-refractivity contribution >= 4 is 30.5 Å². The fourth-order valence-corrected chi connectivity index (χ4v) is 3.69. The van der Waals surface area contributed by atoms with Gasteiger partial charge >= 0.3 is 12.1 Å². The number of nitrogens with zero attached hydrogens (tertiary/aromatic N) is 1. The van der Waals surface area contributed by atoms with Crippen molar-refractivity contribution in [3.63, 3.8) is 0 Å². The smallest absolute Gasteiger partial charge is 0.418 e. The Labute approximate surface area is 178 Å². The van der Waals surface area contributed by atoms with Gasteiger partial charge in [0.25, 0.3) is 0 Å². The molecule has 0 radical (unpaired) electrons. The predicted molar refractivity (Wildman–Crippen MR) is 111 cm³/mol. The van der Waals surface area contributed by atoms with E-state index in [2.05, 4.69) is 0 Å². The van der Waals surface area contributed by atoms with Crippen molar-refractivity contribution in [3.8, 4) is 0 Å². The molecule has 3 rings (SSSR count). The maximum absolute atomic E-state index is 14.8. The second-order valence-electron chi connectivity index (χ2n) is 8.14. The van der Waals surface area contributed by atoms with E-state index in [-0.39, 0.29) is 24.4 Å². The van der Waals surface area contributed by atoms with Crippen molar-refractivity contribution in [1.29, 1.82) is 0 Å². The molecule has 31 heavy (non-hydrogen) atoms. The van der Waals surface area contributed by atoms with Gasteiger partial charge < -0.3 is 4.74 Å². The highest BCUT2D eigenvalue weighted by atomic mass is 19.4. The summed E-state index contributed by atoms with van der Waals surface area (Å²) in [5.74, 6) is -2.34. The zero-order valence-corrected chi connectivity index (χ0v) is 17.5. The Morgan fingerprint density at radius 2 is 1.87 bits per heavy atom. The number of esters is 1. The van der Waals surface area contributed by atoms with Gasteiger partial charge in [0.15, 0.2) is 0 Å². The van der Waals surface area contributed by atoms with E-state index in [1.165, 1.54) is 18.2 Å².